The molecule has 0 aliphatic heterocycles. The summed E-state index contributed by atoms with van der Waals surface area (Å²) in [5.74, 6) is 8.41. The number of unbranched alkanes of at least 4 members (excludes halogenated alkanes) is 4. The standard InChI is InChI=1S/C28H36/c1-3-4-5-6-7-8-24-15-19-27(20-16-24)28-21-17-26(18-22-28)14-13-25-11-9-23(2)10-12-25/h15-23,25H,3-12H2,1-2H3. The van der Waals surface area contributed by atoms with Crippen molar-refractivity contribution in [2.45, 2.75) is 78.1 Å². The molecule has 0 unspecified atom stereocenters. The van der Waals surface area contributed by atoms with E-state index in [4.69, 9.17) is 0 Å². The van der Waals surface area contributed by atoms with E-state index in [1.54, 1.807) is 0 Å². The van der Waals surface area contributed by atoms with Crippen LogP contribution in [0.3, 0.4) is 0 Å². The molecular formula is C28H36. The maximum absolute atomic E-state index is 3.51. The van der Waals surface area contributed by atoms with Crippen molar-refractivity contribution in [3.8, 4) is 23.0 Å². The van der Waals surface area contributed by atoms with Crippen molar-refractivity contribution in [1.29, 1.82) is 0 Å². The van der Waals surface area contributed by atoms with Crippen molar-refractivity contribution in [2.75, 3.05) is 0 Å². The van der Waals surface area contributed by atoms with Crippen molar-refractivity contribution in [3.63, 3.8) is 0 Å². The Morgan fingerprint density at radius 2 is 1.36 bits per heavy atom. The van der Waals surface area contributed by atoms with Crippen LogP contribution in [0.4, 0.5) is 0 Å². The first-order valence-corrected chi connectivity index (χ1v) is 11.5. The van der Waals surface area contributed by atoms with E-state index in [1.165, 1.54) is 80.9 Å². The molecule has 0 nitrogen and oxygen atoms in total. The predicted octanol–water partition coefficient (Wildman–Crippen LogP) is 8.04. The van der Waals surface area contributed by atoms with Gasteiger partial charge in [0.2, 0.25) is 0 Å². The number of aryl methyl sites for hydroxylation is 1. The minimum atomic E-state index is 0.602. The monoisotopic (exact) mass is 372 g/mol. The topological polar surface area (TPSA) is 0 Å². The fourth-order valence-electron chi connectivity index (χ4n) is 4.13. The molecule has 0 spiro atoms. The lowest BCUT2D eigenvalue weighted by molar-refractivity contribution is 0.337. The van der Waals surface area contributed by atoms with Gasteiger partial charge in [0.05, 0.1) is 0 Å². The maximum atomic E-state index is 3.51. The summed E-state index contributed by atoms with van der Waals surface area (Å²) in [6.45, 7) is 4.64. The molecule has 3 rings (SSSR count). The first-order chi connectivity index (χ1) is 13.7. The van der Waals surface area contributed by atoms with Crippen LogP contribution in [0, 0.1) is 23.7 Å². The van der Waals surface area contributed by atoms with E-state index in [2.05, 4.69) is 74.2 Å². The van der Waals surface area contributed by atoms with Crippen LogP contribution in [-0.2, 0) is 6.42 Å². The molecule has 28 heavy (non-hydrogen) atoms. The minimum absolute atomic E-state index is 0.602. The van der Waals surface area contributed by atoms with Crippen LogP contribution >= 0.6 is 0 Å². The molecule has 0 bridgehead atoms. The van der Waals surface area contributed by atoms with E-state index in [0.717, 1.165) is 11.5 Å². The Hall–Kier alpha value is -2.00. The first-order valence-electron chi connectivity index (χ1n) is 11.5. The van der Waals surface area contributed by atoms with Gasteiger partial charge >= 0.3 is 0 Å². The van der Waals surface area contributed by atoms with Crippen LogP contribution in [0.1, 0.15) is 82.8 Å². The zero-order valence-electron chi connectivity index (χ0n) is 17.8. The molecule has 1 aliphatic carbocycles. The molecule has 2 aromatic carbocycles. The second kappa shape index (κ2) is 11.1. The van der Waals surface area contributed by atoms with Gasteiger partial charge in [-0.1, -0.05) is 87.8 Å². The SMILES string of the molecule is CCCCCCCc1ccc(-c2ccc(C#CC3CCC(C)CC3)cc2)cc1. The summed E-state index contributed by atoms with van der Waals surface area (Å²) in [6.07, 6.45) is 13.2. The van der Waals surface area contributed by atoms with Gasteiger partial charge in [-0.05, 0) is 73.3 Å². The van der Waals surface area contributed by atoms with Crippen molar-refractivity contribution in [3.05, 3.63) is 59.7 Å². The highest BCUT2D eigenvalue weighted by molar-refractivity contribution is 5.64. The molecular weight excluding hydrogens is 336 g/mol. The first kappa shape index (κ1) is 20.7. The normalized spacial score (nSPS) is 19.1. The molecule has 0 N–H and O–H groups in total. The highest BCUT2D eigenvalue weighted by Crippen LogP contribution is 2.28. The lowest BCUT2D eigenvalue weighted by atomic mass is 9.83. The number of rotatable bonds is 7. The Kier molecular flexibility index (Phi) is 8.23. The smallest absolute Gasteiger partial charge is 0.0245 e. The third kappa shape index (κ3) is 6.56. The summed E-state index contributed by atoms with van der Waals surface area (Å²) >= 11 is 0. The highest BCUT2D eigenvalue weighted by Gasteiger charge is 2.15. The Morgan fingerprint density at radius 1 is 0.750 bits per heavy atom. The quantitative estimate of drug-likeness (QED) is 0.341. The molecule has 0 saturated heterocycles. The van der Waals surface area contributed by atoms with Crippen molar-refractivity contribution in [1.82, 2.24) is 0 Å². The predicted molar refractivity (Wildman–Crippen MR) is 122 cm³/mol. The number of benzene rings is 2. The molecule has 1 fully saturated rings. The van der Waals surface area contributed by atoms with Crippen molar-refractivity contribution >= 4 is 0 Å². The summed E-state index contributed by atoms with van der Waals surface area (Å²) in [6, 6.07) is 17.9. The van der Waals surface area contributed by atoms with Crippen LogP contribution in [0.25, 0.3) is 11.1 Å². The Bertz CT molecular complexity index is 746. The molecule has 0 amide bonds. The molecule has 0 aromatic heterocycles. The average Bonchev–Trinajstić information content (AvgIpc) is 2.74. The Labute approximate surface area is 172 Å². The fraction of sp³-hybridized carbons (Fsp3) is 0.500. The summed E-state index contributed by atoms with van der Waals surface area (Å²) < 4.78 is 0. The van der Waals surface area contributed by atoms with E-state index in [-0.39, 0.29) is 0 Å². The Morgan fingerprint density at radius 3 is 2.00 bits per heavy atom. The number of hydrogen-bond donors (Lipinski definition) is 0. The van der Waals surface area contributed by atoms with Crippen molar-refractivity contribution in [2.24, 2.45) is 11.8 Å². The summed E-state index contributed by atoms with van der Waals surface area (Å²) in [4.78, 5) is 0. The molecule has 148 valence electrons. The van der Waals surface area contributed by atoms with Crippen LogP contribution in [0.2, 0.25) is 0 Å². The highest BCUT2D eigenvalue weighted by atomic mass is 14.2. The van der Waals surface area contributed by atoms with Gasteiger partial charge in [-0.25, -0.2) is 0 Å². The van der Waals surface area contributed by atoms with Crippen LogP contribution in [-0.4, -0.2) is 0 Å². The van der Waals surface area contributed by atoms with Gasteiger partial charge in [0.1, 0.15) is 0 Å². The van der Waals surface area contributed by atoms with Crippen LogP contribution in [0.15, 0.2) is 48.5 Å². The van der Waals surface area contributed by atoms with Gasteiger partial charge in [-0.15, -0.1) is 0 Å². The molecule has 0 heterocycles. The second-order valence-electron chi connectivity index (χ2n) is 8.66. The minimum Gasteiger partial charge on any atom is -0.0945 e. The van der Waals surface area contributed by atoms with E-state index >= 15 is 0 Å². The summed E-state index contributed by atoms with van der Waals surface area (Å²) in [5, 5.41) is 0. The van der Waals surface area contributed by atoms with E-state index in [0.29, 0.717) is 5.92 Å². The molecule has 1 saturated carbocycles. The fourth-order valence-corrected chi connectivity index (χ4v) is 4.13. The zero-order valence-corrected chi connectivity index (χ0v) is 17.8. The average molecular weight is 373 g/mol. The molecule has 0 atom stereocenters. The van der Waals surface area contributed by atoms with Crippen LogP contribution < -0.4 is 0 Å². The third-order valence-electron chi connectivity index (χ3n) is 6.18. The third-order valence-corrected chi connectivity index (χ3v) is 6.18. The van der Waals surface area contributed by atoms with E-state index < -0.39 is 0 Å². The molecule has 0 radical (unpaired) electrons. The molecule has 1 aliphatic rings. The van der Waals surface area contributed by atoms with Gasteiger partial charge in [0, 0.05) is 11.5 Å². The summed E-state index contributed by atoms with van der Waals surface area (Å²) in [7, 11) is 0. The maximum Gasteiger partial charge on any atom is 0.0245 e. The Balaban J connectivity index is 1.52. The molecule has 0 heteroatoms. The number of hydrogen-bond acceptors (Lipinski definition) is 0. The van der Waals surface area contributed by atoms with Gasteiger partial charge in [-0.2, -0.15) is 0 Å². The lowest BCUT2D eigenvalue weighted by Gasteiger charge is -2.21. The molecule has 2 aromatic rings. The van der Waals surface area contributed by atoms with Gasteiger partial charge in [0.15, 0.2) is 0 Å². The summed E-state index contributed by atoms with van der Waals surface area (Å²) in [5.41, 5.74) is 5.19. The van der Waals surface area contributed by atoms with Crippen LogP contribution in [0.5, 0.6) is 0 Å². The second-order valence-corrected chi connectivity index (χ2v) is 8.66. The van der Waals surface area contributed by atoms with Crippen molar-refractivity contribution < 1.29 is 0 Å². The van der Waals surface area contributed by atoms with E-state index in [1.807, 2.05) is 0 Å². The van der Waals surface area contributed by atoms with E-state index in [9.17, 15) is 0 Å². The zero-order chi connectivity index (χ0) is 19.6. The van der Waals surface area contributed by atoms with Gasteiger partial charge < -0.3 is 0 Å². The largest absolute Gasteiger partial charge is 0.0945 e. The van der Waals surface area contributed by atoms with Gasteiger partial charge in [-0.3, -0.25) is 0 Å². The van der Waals surface area contributed by atoms with Gasteiger partial charge in [0.25, 0.3) is 0 Å². The lowest BCUT2D eigenvalue weighted by Crippen LogP contribution is -2.10.